The largest absolute Gasteiger partial charge is 0.480 e. The summed E-state index contributed by atoms with van der Waals surface area (Å²) in [7, 11) is 0. The smallest absolute Gasteiger partial charge is 0.344 e. The molecular weight excluding hydrogens is 414 g/mol. The molecule has 1 aromatic heterocycles. The minimum absolute atomic E-state index is 0.108. The van der Waals surface area contributed by atoms with Gasteiger partial charge in [0.1, 0.15) is 5.75 Å². The molecule has 1 amide bonds. The first-order valence-corrected chi connectivity index (χ1v) is 8.20. The molecule has 1 aromatic carbocycles. The van der Waals surface area contributed by atoms with Crippen molar-refractivity contribution >= 4 is 64.1 Å². The molecule has 0 aliphatic heterocycles. The molecule has 0 bridgehead atoms. The molecule has 0 aliphatic rings. The van der Waals surface area contributed by atoms with Gasteiger partial charge in [-0.1, -0.05) is 46.4 Å². The van der Waals surface area contributed by atoms with E-state index in [0.717, 1.165) is 0 Å². The van der Waals surface area contributed by atoms with Crippen molar-refractivity contribution in [2.75, 3.05) is 18.5 Å². The van der Waals surface area contributed by atoms with Crippen LogP contribution in [0.3, 0.4) is 0 Å². The number of hydrogen-bond acceptors (Lipinski definition) is 5. The average molecular weight is 424 g/mol. The highest BCUT2D eigenvalue weighted by Gasteiger charge is 2.12. The fourth-order valence-electron chi connectivity index (χ4n) is 1.59. The van der Waals surface area contributed by atoms with Crippen molar-refractivity contribution in [1.82, 2.24) is 4.98 Å². The van der Waals surface area contributed by atoms with Gasteiger partial charge in [0.2, 0.25) is 0 Å². The Morgan fingerprint density at radius 1 is 1.00 bits per heavy atom. The average Bonchev–Trinajstić information content (AvgIpc) is 2.55. The summed E-state index contributed by atoms with van der Waals surface area (Å²) in [4.78, 5) is 27.2. The highest BCUT2D eigenvalue weighted by atomic mass is 35.5. The molecule has 0 aliphatic carbocycles. The number of nitrogens with zero attached hydrogens (tertiary/aromatic N) is 1. The Labute approximate surface area is 162 Å². The molecule has 25 heavy (non-hydrogen) atoms. The number of aromatic nitrogens is 1. The van der Waals surface area contributed by atoms with Crippen LogP contribution >= 0.6 is 46.4 Å². The number of esters is 1. The molecule has 1 heterocycles. The van der Waals surface area contributed by atoms with Crippen molar-refractivity contribution < 1.29 is 19.1 Å². The van der Waals surface area contributed by atoms with Crippen LogP contribution in [0.2, 0.25) is 20.1 Å². The summed E-state index contributed by atoms with van der Waals surface area (Å²) in [6, 6.07) is 5.96. The number of anilines is 1. The van der Waals surface area contributed by atoms with Crippen molar-refractivity contribution in [3.8, 4) is 5.75 Å². The Morgan fingerprint density at radius 2 is 1.72 bits per heavy atom. The van der Waals surface area contributed by atoms with Crippen LogP contribution in [0.1, 0.15) is 0 Å². The summed E-state index contributed by atoms with van der Waals surface area (Å²) >= 11 is 23.2. The molecule has 0 fully saturated rings. The second kappa shape index (κ2) is 9.10. The number of nitrogens with one attached hydrogen (secondary N) is 1. The molecule has 2 rings (SSSR count). The van der Waals surface area contributed by atoms with E-state index in [-0.39, 0.29) is 21.6 Å². The maximum Gasteiger partial charge on any atom is 0.344 e. The summed E-state index contributed by atoms with van der Waals surface area (Å²) in [6.45, 7) is -0.953. The van der Waals surface area contributed by atoms with Crippen molar-refractivity contribution in [3.05, 3.63) is 50.6 Å². The van der Waals surface area contributed by atoms with Crippen LogP contribution in [-0.2, 0) is 14.3 Å². The Morgan fingerprint density at radius 3 is 2.40 bits per heavy atom. The third-order valence-corrected chi connectivity index (χ3v) is 3.69. The van der Waals surface area contributed by atoms with Gasteiger partial charge in [-0.15, -0.1) is 0 Å². The van der Waals surface area contributed by atoms with Crippen molar-refractivity contribution in [2.24, 2.45) is 0 Å². The Bertz CT molecular complexity index is 801. The van der Waals surface area contributed by atoms with E-state index in [2.05, 4.69) is 10.3 Å². The minimum atomic E-state index is -0.753. The molecule has 2 aromatic rings. The number of ether oxygens (including phenoxy) is 2. The SMILES string of the molecule is O=C(COC(=O)COc1ccc(Cl)cc1Cl)Nc1ncc(Cl)cc1Cl. The van der Waals surface area contributed by atoms with E-state index in [9.17, 15) is 9.59 Å². The van der Waals surface area contributed by atoms with Crippen LogP contribution in [0.4, 0.5) is 5.82 Å². The number of amides is 1. The second-order valence-corrected chi connectivity index (χ2v) is 6.24. The molecule has 0 atom stereocenters. The van der Waals surface area contributed by atoms with E-state index < -0.39 is 25.1 Å². The molecule has 0 radical (unpaired) electrons. The molecule has 0 saturated carbocycles. The van der Waals surface area contributed by atoms with Crippen molar-refractivity contribution in [3.63, 3.8) is 0 Å². The Balaban J connectivity index is 1.78. The first-order valence-electron chi connectivity index (χ1n) is 6.69. The number of pyridine rings is 1. The first kappa shape index (κ1) is 19.6. The third kappa shape index (κ3) is 6.25. The maximum absolute atomic E-state index is 11.7. The lowest BCUT2D eigenvalue weighted by Crippen LogP contribution is -2.24. The van der Waals surface area contributed by atoms with Crippen LogP contribution < -0.4 is 10.1 Å². The van der Waals surface area contributed by atoms with Gasteiger partial charge in [0.15, 0.2) is 19.0 Å². The molecule has 6 nitrogen and oxygen atoms in total. The van der Waals surface area contributed by atoms with Gasteiger partial charge in [-0.25, -0.2) is 9.78 Å². The zero-order chi connectivity index (χ0) is 18.4. The quantitative estimate of drug-likeness (QED) is 0.702. The maximum atomic E-state index is 11.7. The Kier molecular flexibility index (Phi) is 7.13. The number of halogens is 4. The number of rotatable bonds is 6. The van der Waals surface area contributed by atoms with Crippen molar-refractivity contribution in [2.45, 2.75) is 0 Å². The number of benzene rings is 1. The standard InChI is InChI=1S/C15H10Cl4N2O4/c16-8-1-2-12(10(18)3-8)24-7-14(23)25-6-13(22)21-15-11(19)4-9(17)5-20-15/h1-5H,6-7H2,(H,20,21,22). The predicted molar refractivity (Wildman–Crippen MR) is 95.8 cm³/mol. The van der Waals surface area contributed by atoms with E-state index in [0.29, 0.717) is 10.0 Å². The van der Waals surface area contributed by atoms with Gasteiger partial charge < -0.3 is 14.8 Å². The predicted octanol–water partition coefficient (Wildman–Crippen LogP) is 4.26. The molecule has 1 N–H and O–H groups in total. The van der Waals surface area contributed by atoms with Gasteiger partial charge in [-0.2, -0.15) is 0 Å². The van der Waals surface area contributed by atoms with Crippen LogP contribution in [0.5, 0.6) is 5.75 Å². The van der Waals surface area contributed by atoms with E-state index >= 15 is 0 Å². The summed E-state index contributed by atoms with van der Waals surface area (Å²) in [5.41, 5.74) is 0. The highest BCUT2D eigenvalue weighted by molar-refractivity contribution is 6.36. The lowest BCUT2D eigenvalue weighted by molar-refractivity contribution is -0.149. The van der Waals surface area contributed by atoms with E-state index in [4.69, 9.17) is 55.9 Å². The zero-order valence-electron chi connectivity index (χ0n) is 12.4. The molecule has 0 unspecified atom stereocenters. The van der Waals surface area contributed by atoms with Gasteiger partial charge in [-0.3, -0.25) is 4.79 Å². The monoisotopic (exact) mass is 422 g/mol. The number of hydrogen-bond donors (Lipinski definition) is 1. The van der Waals surface area contributed by atoms with Gasteiger partial charge in [0.25, 0.3) is 5.91 Å². The van der Waals surface area contributed by atoms with Crippen LogP contribution in [0.25, 0.3) is 0 Å². The summed E-state index contributed by atoms with van der Waals surface area (Å²) < 4.78 is 9.97. The van der Waals surface area contributed by atoms with E-state index in [1.165, 1.54) is 24.4 Å². The second-order valence-electron chi connectivity index (χ2n) is 4.56. The number of carbonyl (C=O) groups is 2. The number of carbonyl (C=O) groups excluding carboxylic acids is 2. The zero-order valence-corrected chi connectivity index (χ0v) is 15.4. The lowest BCUT2D eigenvalue weighted by Gasteiger charge is -2.09. The first-order chi connectivity index (χ1) is 11.8. The normalized spacial score (nSPS) is 10.2. The van der Waals surface area contributed by atoms with Crippen LogP contribution in [0.15, 0.2) is 30.5 Å². The topological polar surface area (TPSA) is 77.5 Å². The third-order valence-electron chi connectivity index (χ3n) is 2.67. The lowest BCUT2D eigenvalue weighted by atomic mass is 10.3. The summed E-state index contributed by atoms with van der Waals surface area (Å²) in [6.07, 6.45) is 1.32. The minimum Gasteiger partial charge on any atom is -0.480 e. The van der Waals surface area contributed by atoms with Crippen molar-refractivity contribution in [1.29, 1.82) is 0 Å². The fraction of sp³-hybridized carbons (Fsp3) is 0.133. The summed E-state index contributed by atoms with van der Waals surface area (Å²) in [5.74, 6) is -0.994. The fourth-order valence-corrected chi connectivity index (χ4v) is 2.48. The van der Waals surface area contributed by atoms with Gasteiger partial charge >= 0.3 is 5.97 Å². The molecular formula is C15H10Cl4N2O4. The van der Waals surface area contributed by atoms with Gasteiger partial charge in [0.05, 0.1) is 15.1 Å². The highest BCUT2D eigenvalue weighted by Crippen LogP contribution is 2.27. The molecule has 132 valence electrons. The van der Waals surface area contributed by atoms with Crippen LogP contribution in [-0.4, -0.2) is 30.1 Å². The van der Waals surface area contributed by atoms with E-state index in [1.807, 2.05) is 0 Å². The van der Waals surface area contributed by atoms with Crippen LogP contribution in [0, 0.1) is 0 Å². The molecule has 10 heteroatoms. The summed E-state index contributed by atoms with van der Waals surface area (Å²) in [5, 5.41) is 3.56. The van der Waals surface area contributed by atoms with Gasteiger partial charge in [-0.05, 0) is 24.3 Å². The van der Waals surface area contributed by atoms with E-state index in [1.54, 1.807) is 6.07 Å². The molecule has 0 spiro atoms. The van der Waals surface area contributed by atoms with Gasteiger partial charge in [0, 0.05) is 11.2 Å². The Hall–Kier alpha value is -1.73. The molecule has 0 saturated heterocycles.